The molecule has 1 heterocycles. The maximum absolute atomic E-state index is 5.73. The molecule has 0 saturated carbocycles. The molecule has 90 valence electrons. The Morgan fingerprint density at radius 3 is 2.35 bits per heavy atom. The lowest BCUT2D eigenvalue weighted by Crippen LogP contribution is -2.26. The highest BCUT2D eigenvalue weighted by molar-refractivity contribution is 6.04. The van der Waals surface area contributed by atoms with E-state index in [0.29, 0.717) is 11.8 Å². The van der Waals surface area contributed by atoms with Crippen molar-refractivity contribution < 1.29 is 0 Å². The Morgan fingerprint density at radius 1 is 1.18 bits per heavy atom. The summed E-state index contributed by atoms with van der Waals surface area (Å²) >= 11 is 0. The summed E-state index contributed by atoms with van der Waals surface area (Å²) in [6.07, 6.45) is 0.871. The minimum absolute atomic E-state index is 0.285. The third-order valence-electron chi connectivity index (χ3n) is 3.20. The Hall–Kier alpha value is -1.64. The number of hydrogen-bond acceptors (Lipinski definition) is 3. The van der Waals surface area contributed by atoms with Crippen LogP contribution in [0.3, 0.4) is 0 Å². The zero-order chi connectivity index (χ0) is 12.4. The summed E-state index contributed by atoms with van der Waals surface area (Å²) in [6, 6.07) is 8.57. The van der Waals surface area contributed by atoms with Crippen LogP contribution in [0.15, 0.2) is 34.5 Å². The Labute approximate surface area is 102 Å². The van der Waals surface area contributed by atoms with Crippen LogP contribution in [0.2, 0.25) is 0 Å². The minimum atomic E-state index is 0.285. The number of benzene rings is 1. The summed E-state index contributed by atoms with van der Waals surface area (Å²) in [6.45, 7) is 6.47. The van der Waals surface area contributed by atoms with Crippen molar-refractivity contribution in [1.82, 2.24) is 0 Å². The standard InChI is InChI=1S/C14H19N3/c1-9(2)11-4-6-12(7-5-11)13-8-10(3)14(15)17-16-13/h4-7,9-10H,8H2,1-3H3,(H2,15,17). The summed E-state index contributed by atoms with van der Waals surface area (Å²) in [5, 5.41) is 8.19. The van der Waals surface area contributed by atoms with Gasteiger partial charge in [0, 0.05) is 12.3 Å². The Morgan fingerprint density at radius 2 is 1.82 bits per heavy atom. The van der Waals surface area contributed by atoms with E-state index in [0.717, 1.165) is 17.7 Å². The highest BCUT2D eigenvalue weighted by Gasteiger charge is 2.17. The van der Waals surface area contributed by atoms with Gasteiger partial charge >= 0.3 is 0 Å². The van der Waals surface area contributed by atoms with Crippen molar-refractivity contribution in [1.29, 1.82) is 0 Å². The SMILES string of the molecule is CC1CC(c2ccc(C(C)C)cc2)=NN=C1N. The second-order valence-electron chi connectivity index (χ2n) is 4.95. The monoisotopic (exact) mass is 229 g/mol. The van der Waals surface area contributed by atoms with E-state index in [-0.39, 0.29) is 5.92 Å². The molecule has 0 aliphatic carbocycles. The lowest BCUT2D eigenvalue weighted by atomic mass is 9.95. The predicted octanol–water partition coefficient (Wildman–Crippen LogP) is 2.91. The molecule has 1 aromatic rings. The first-order valence-electron chi connectivity index (χ1n) is 6.08. The van der Waals surface area contributed by atoms with E-state index in [1.807, 2.05) is 0 Å². The van der Waals surface area contributed by atoms with Crippen LogP contribution >= 0.6 is 0 Å². The molecule has 0 radical (unpaired) electrons. The quantitative estimate of drug-likeness (QED) is 0.832. The van der Waals surface area contributed by atoms with Gasteiger partial charge in [-0.3, -0.25) is 0 Å². The molecule has 0 saturated heterocycles. The van der Waals surface area contributed by atoms with Gasteiger partial charge in [-0.05, 0) is 17.0 Å². The maximum Gasteiger partial charge on any atom is 0.125 e. The van der Waals surface area contributed by atoms with Crippen molar-refractivity contribution in [3.05, 3.63) is 35.4 Å². The molecule has 0 aromatic heterocycles. The zero-order valence-corrected chi connectivity index (χ0v) is 10.6. The second-order valence-corrected chi connectivity index (χ2v) is 4.95. The van der Waals surface area contributed by atoms with Gasteiger partial charge in [0.1, 0.15) is 5.84 Å². The van der Waals surface area contributed by atoms with Crippen molar-refractivity contribution in [2.45, 2.75) is 33.1 Å². The minimum Gasteiger partial charge on any atom is -0.385 e. The Bertz CT molecular complexity index is 455. The molecule has 1 unspecified atom stereocenters. The van der Waals surface area contributed by atoms with Gasteiger partial charge in [-0.25, -0.2) is 0 Å². The molecule has 3 heteroatoms. The first kappa shape index (κ1) is 11.8. The molecule has 1 atom stereocenters. The van der Waals surface area contributed by atoms with E-state index in [9.17, 15) is 0 Å². The fourth-order valence-corrected chi connectivity index (χ4v) is 1.89. The average molecular weight is 229 g/mol. The van der Waals surface area contributed by atoms with Gasteiger partial charge in [0.2, 0.25) is 0 Å². The van der Waals surface area contributed by atoms with E-state index >= 15 is 0 Å². The van der Waals surface area contributed by atoms with E-state index in [1.54, 1.807) is 0 Å². The van der Waals surface area contributed by atoms with Gasteiger partial charge in [-0.15, -0.1) is 5.10 Å². The van der Waals surface area contributed by atoms with Gasteiger partial charge in [-0.2, -0.15) is 5.10 Å². The average Bonchev–Trinajstić information content (AvgIpc) is 2.33. The molecular weight excluding hydrogens is 210 g/mol. The van der Waals surface area contributed by atoms with Crippen LogP contribution in [0.4, 0.5) is 0 Å². The highest BCUT2D eigenvalue weighted by atomic mass is 15.2. The first-order valence-corrected chi connectivity index (χ1v) is 6.08. The number of amidine groups is 1. The molecule has 0 bridgehead atoms. The van der Waals surface area contributed by atoms with Gasteiger partial charge in [0.25, 0.3) is 0 Å². The molecular formula is C14H19N3. The smallest absolute Gasteiger partial charge is 0.125 e. The van der Waals surface area contributed by atoms with Crippen molar-refractivity contribution in [3.63, 3.8) is 0 Å². The van der Waals surface area contributed by atoms with Gasteiger partial charge in [-0.1, -0.05) is 45.0 Å². The number of nitrogens with two attached hydrogens (primary N) is 1. The Balaban J connectivity index is 2.24. The fourth-order valence-electron chi connectivity index (χ4n) is 1.89. The summed E-state index contributed by atoms with van der Waals surface area (Å²) in [5.74, 6) is 1.48. The van der Waals surface area contributed by atoms with Crippen LogP contribution in [-0.4, -0.2) is 11.5 Å². The van der Waals surface area contributed by atoms with Crippen LogP contribution in [0.5, 0.6) is 0 Å². The van der Waals surface area contributed by atoms with Crippen LogP contribution in [-0.2, 0) is 0 Å². The third kappa shape index (κ3) is 2.54. The van der Waals surface area contributed by atoms with Crippen LogP contribution in [0.1, 0.15) is 44.2 Å². The number of hydrogen-bond donors (Lipinski definition) is 1. The molecule has 0 amide bonds. The lowest BCUT2D eigenvalue weighted by Gasteiger charge is -2.16. The largest absolute Gasteiger partial charge is 0.385 e. The Kier molecular flexibility index (Phi) is 3.27. The van der Waals surface area contributed by atoms with E-state index in [4.69, 9.17) is 5.73 Å². The molecule has 17 heavy (non-hydrogen) atoms. The summed E-state index contributed by atoms with van der Waals surface area (Å²) in [7, 11) is 0. The van der Waals surface area contributed by atoms with Gasteiger partial charge in [0.05, 0.1) is 5.71 Å². The third-order valence-corrected chi connectivity index (χ3v) is 3.20. The van der Waals surface area contributed by atoms with Crippen molar-refractivity contribution >= 4 is 11.5 Å². The second kappa shape index (κ2) is 4.70. The highest BCUT2D eigenvalue weighted by Crippen LogP contribution is 2.19. The molecule has 2 N–H and O–H groups in total. The normalized spacial score (nSPS) is 20.1. The topological polar surface area (TPSA) is 50.7 Å². The van der Waals surface area contributed by atoms with Crippen molar-refractivity contribution in [3.8, 4) is 0 Å². The molecule has 2 rings (SSSR count). The fraction of sp³-hybridized carbons (Fsp3) is 0.429. The van der Waals surface area contributed by atoms with E-state index < -0.39 is 0 Å². The summed E-state index contributed by atoms with van der Waals surface area (Å²) in [4.78, 5) is 0. The molecule has 1 aliphatic heterocycles. The van der Waals surface area contributed by atoms with E-state index in [1.165, 1.54) is 5.56 Å². The summed E-state index contributed by atoms with van der Waals surface area (Å²) in [5.41, 5.74) is 9.25. The number of rotatable bonds is 2. The lowest BCUT2D eigenvalue weighted by molar-refractivity contribution is 0.779. The van der Waals surface area contributed by atoms with Gasteiger partial charge < -0.3 is 5.73 Å². The molecule has 3 nitrogen and oxygen atoms in total. The predicted molar refractivity (Wildman–Crippen MR) is 72.5 cm³/mol. The molecule has 1 aromatic carbocycles. The molecule has 0 spiro atoms. The van der Waals surface area contributed by atoms with Crippen LogP contribution in [0, 0.1) is 5.92 Å². The van der Waals surface area contributed by atoms with Gasteiger partial charge in [0.15, 0.2) is 0 Å². The van der Waals surface area contributed by atoms with Crippen molar-refractivity contribution in [2.75, 3.05) is 0 Å². The summed E-state index contributed by atoms with van der Waals surface area (Å²) < 4.78 is 0. The zero-order valence-electron chi connectivity index (χ0n) is 10.6. The first-order chi connectivity index (χ1) is 8.08. The van der Waals surface area contributed by atoms with Crippen molar-refractivity contribution in [2.24, 2.45) is 21.9 Å². The van der Waals surface area contributed by atoms with E-state index in [2.05, 4.69) is 55.2 Å². The number of nitrogens with zero attached hydrogens (tertiary/aromatic N) is 2. The molecule has 1 aliphatic rings. The maximum atomic E-state index is 5.73. The molecule has 0 fully saturated rings. The van der Waals surface area contributed by atoms with Crippen LogP contribution < -0.4 is 5.73 Å². The van der Waals surface area contributed by atoms with Crippen LogP contribution in [0.25, 0.3) is 0 Å².